The van der Waals surface area contributed by atoms with Crippen LogP contribution in [-0.4, -0.2) is 39.7 Å². The number of nitrogens with two attached hydrogens (primary N) is 1. The van der Waals surface area contributed by atoms with Crippen LogP contribution < -0.4 is 11.1 Å². The largest absolute Gasteiger partial charge is 0.369 e. The van der Waals surface area contributed by atoms with Gasteiger partial charge in [0.2, 0.25) is 5.91 Å². The fourth-order valence-corrected chi connectivity index (χ4v) is 4.68. The number of anilines is 1. The number of piperidine rings is 1. The van der Waals surface area contributed by atoms with Crippen molar-refractivity contribution in [3.8, 4) is 0 Å². The summed E-state index contributed by atoms with van der Waals surface area (Å²) < 4.78 is 43.9. The molecule has 2 saturated heterocycles. The molecule has 2 fully saturated rings. The number of amides is 3. The first-order valence-corrected chi connectivity index (χ1v) is 10.6. The average molecular weight is 460 g/mol. The number of halogens is 3. The normalized spacial score (nSPS) is 22.2. The molecule has 2 aromatic rings. The van der Waals surface area contributed by atoms with Gasteiger partial charge in [-0.3, -0.25) is 19.4 Å². The van der Waals surface area contributed by atoms with Gasteiger partial charge in [-0.2, -0.15) is 8.78 Å². The zero-order valence-corrected chi connectivity index (χ0v) is 17.9. The van der Waals surface area contributed by atoms with E-state index in [2.05, 4.69) is 10.3 Å². The molecule has 1 aromatic heterocycles. The number of rotatable bonds is 5. The Bertz CT molecular complexity index is 1110. The SMILES string of the molecule is Cc1cc(NC(=O)c2ccnc(C(F)(F)C(=O)N3C4CC[C@@H]3C[C@@H](C(N)=O)C4)c2)ccc1F. The number of hydrogen-bond donors (Lipinski definition) is 2. The minimum atomic E-state index is -3.96. The lowest BCUT2D eigenvalue weighted by Gasteiger charge is -2.39. The summed E-state index contributed by atoms with van der Waals surface area (Å²) in [5, 5.41) is 2.52. The van der Waals surface area contributed by atoms with Gasteiger partial charge in [0.05, 0.1) is 0 Å². The predicted molar refractivity (Wildman–Crippen MR) is 113 cm³/mol. The first-order chi connectivity index (χ1) is 15.6. The van der Waals surface area contributed by atoms with Crippen LogP contribution in [0.25, 0.3) is 0 Å². The van der Waals surface area contributed by atoms with E-state index in [1.165, 1.54) is 31.2 Å². The number of aromatic nitrogens is 1. The Balaban J connectivity index is 1.53. The molecule has 10 heteroatoms. The number of hydrogen-bond acceptors (Lipinski definition) is 4. The van der Waals surface area contributed by atoms with Crippen LogP contribution in [0.1, 0.15) is 47.3 Å². The van der Waals surface area contributed by atoms with Gasteiger partial charge < -0.3 is 16.0 Å². The molecule has 174 valence electrons. The maximum absolute atomic E-state index is 15.2. The second kappa shape index (κ2) is 8.49. The van der Waals surface area contributed by atoms with E-state index in [1.54, 1.807) is 0 Å². The van der Waals surface area contributed by atoms with E-state index < -0.39 is 53.2 Å². The van der Waals surface area contributed by atoms with Crippen LogP contribution in [0.2, 0.25) is 0 Å². The summed E-state index contributed by atoms with van der Waals surface area (Å²) in [6, 6.07) is 5.12. The lowest BCUT2D eigenvalue weighted by molar-refractivity contribution is -0.165. The lowest BCUT2D eigenvalue weighted by atomic mass is 9.89. The second-order valence-corrected chi connectivity index (χ2v) is 8.59. The summed E-state index contributed by atoms with van der Waals surface area (Å²) in [5.74, 6) is -7.40. The van der Waals surface area contributed by atoms with Crippen LogP contribution in [0.4, 0.5) is 18.9 Å². The maximum atomic E-state index is 15.2. The van der Waals surface area contributed by atoms with Crippen LogP contribution in [0.3, 0.4) is 0 Å². The molecule has 2 aliphatic rings. The monoisotopic (exact) mass is 460 g/mol. The molecule has 0 spiro atoms. The highest BCUT2D eigenvalue weighted by molar-refractivity contribution is 6.04. The summed E-state index contributed by atoms with van der Waals surface area (Å²) in [6.45, 7) is 1.53. The first-order valence-electron chi connectivity index (χ1n) is 10.6. The fourth-order valence-electron chi connectivity index (χ4n) is 4.68. The van der Waals surface area contributed by atoms with Crippen molar-refractivity contribution in [3.63, 3.8) is 0 Å². The van der Waals surface area contributed by atoms with E-state index >= 15 is 8.78 Å². The molecule has 1 unspecified atom stereocenters. The quantitative estimate of drug-likeness (QED) is 0.715. The maximum Gasteiger partial charge on any atom is 0.366 e. The van der Waals surface area contributed by atoms with Crippen molar-refractivity contribution >= 4 is 23.4 Å². The standard InChI is InChI=1S/C23H23F3N4O3/c1-12-8-15(2-5-18(12)24)29-21(32)13-6-7-28-19(11-13)23(25,26)22(33)30-16-3-4-17(30)10-14(9-16)20(27)31/h2,5-8,11,14,16-17H,3-4,9-10H2,1H3,(H2,27,31)(H,29,32)/t14-,16-,17?/m1/s1. The third kappa shape index (κ3) is 4.29. The van der Waals surface area contributed by atoms with E-state index in [0.29, 0.717) is 24.1 Å². The molecule has 4 rings (SSSR count). The molecule has 3 atom stereocenters. The summed E-state index contributed by atoms with van der Waals surface area (Å²) in [6.07, 6.45) is 2.63. The number of pyridine rings is 1. The first kappa shape index (κ1) is 22.8. The van der Waals surface area contributed by atoms with Gasteiger partial charge in [-0.25, -0.2) is 4.39 Å². The number of alkyl halides is 2. The van der Waals surface area contributed by atoms with Crippen molar-refractivity contribution in [2.45, 2.75) is 50.6 Å². The van der Waals surface area contributed by atoms with Gasteiger partial charge in [0.25, 0.3) is 11.8 Å². The number of aryl methyl sites for hydroxylation is 1. The van der Waals surface area contributed by atoms with Crippen molar-refractivity contribution < 1.29 is 27.6 Å². The minimum Gasteiger partial charge on any atom is -0.369 e. The van der Waals surface area contributed by atoms with Crippen molar-refractivity contribution in [3.05, 3.63) is 59.2 Å². The molecular weight excluding hydrogens is 437 g/mol. The van der Waals surface area contributed by atoms with Crippen LogP contribution in [0.15, 0.2) is 36.5 Å². The Morgan fingerprint density at radius 1 is 1.12 bits per heavy atom. The molecule has 3 amide bonds. The molecular formula is C23H23F3N4O3. The number of nitrogens with one attached hydrogen (secondary N) is 1. The highest BCUT2D eigenvalue weighted by atomic mass is 19.3. The van der Waals surface area contributed by atoms with Crippen LogP contribution >= 0.6 is 0 Å². The van der Waals surface area contributed by atoms with Gasteiger partial charge in [-0.1, -0.05) is 0 Å². The molecule has 0 radical (unpaired) electrons. The Hall–Kier alpha value is -3.43. The summed E-state index contributed by atoms with van der Waals surface area (Å²) in [5.41, 5.74) is 5.03. The third-order valence-electron chi connectivity index (χ3n) is 6.40. The van der Waals surface area contributed by atoms with Gasteiger partial charge in [0, 0.05) is 35.4 Å². The Kier molecular flexibility index (Phi) is 5.85. The average Bonchev–Trinajstić information content (AvgIpc) is 3.04. The van der Waals surface area contributed by atoms with Crippen molar-refractivity contribution in [2.24, 2.45) is 11.7 Å². The molecule has 0 aliphatic carbocycles. The molecule has 0 saturated carbocycles. The number of primary amides is 1. The Labute approximate surface area is 188 Å². The molecule has 2 aliphatic heterocycles. The highest BCUT2D eigenvalue weighted by Gasteiger charge is 2.53. The Morgan fingerprint density at radius 3 is 2.39 bits per heavy atom. The Morgan fingerprint density at radius 2 is 1.79 bits per heavy atom. The van der Waals surface area contributed by atoms with E-state index in [1.807, 2.05) is 0 Å². The second-order valence-electron chi connectivity index (χ2n) is 8.59. The topological polar surface area (TPSA) is 105 Å². The molecule has 3 N–H and O–H groups in total. The summed E-state index contributed by atoms with van der Waals surface area (Å²) >= 11 is 0. The van der Waals surface area contributed by atoms with E-state index in [0.717, 1.165) is 17.2 Å². The van der Waals surface area contributed by atoms with Crippen molar-refractivity contribution in [1.82, 2.24) is 9.88 Å². The molecule has 33 heavy (non-hydrogen) atoms. The van der Waals surface area contributed by atoms with Gasteiger partial charge in [0.1, 0.15) is 11.5 Å². The summed E-state index contributed by atoms with van der Waals surface area (Å²) in [4.78, 5) is 41.8. The molecule has 3 heterocycles. The van der Waals surface area contributed by atoms with E-state index in [-0.39, 0.29) is 18.4 Å². The van der Waals surface area contributed by atoms with Gasteiger partial charge in [0.15, 0.2) is 0 Å². The number of nitrogens with zero attached hydrogens (tertiary/aromatic N) is 2. The van der Waals surface area contributed by atoms with Crippen molar-refractivity contribution in [2.75, 3.05) is 5.32 Å². The highest BCUT2D eigenvalue weighted by Crippen LogP contribution is 2.42. The molecule has 7 nitrogen and oxygen atoms in total. The predicted octanol–water partition coefficient (Wildman–Crippen LogP) is 3.13. The van der Waals surface area contributed by atoms with Crippen LogP contribution in [0, 0.1) is 18.7 Å². The zero-order valence-electron chi connectivity index (χ0n) is 17.9. The fraction of sp³-hybridized carbons (Fsp3) is 0.391. The van der Waals surface area contributed by atoms with E-state index in [4.69, 9.17) is 5.73 Å². The van der Waals surface area contributed by atoms with Crippen LogP contribution in [0.5, 0.6) is 0 Å². The smallest absolute Gasteiger partial charge is 0.366 e. The number of fused-ring (bicyclic) bond motifs is 2. The van der Waals surface area contributed by atoms with Gasteiger partial charge >= 0.3 is 5.92 Å². The van der Waals surface area contributed by atoms with Crippen LogP contribution in [-0.2, 0) is 15.5 Å². The van der Waals surface area contributed by atoms with E-state index in [9.17, 15) is 18.8 Å². The van der Waals surface area contributed by atoms with Crippen molar-refractivity contribution in [1.29, 1.82) is 0 Å². The third-order valence-corrected chi connectivity index (χ3v) is 6.40. The van der Waals surface area contributed by atoms with Gasteiger partial charge in [-0.05, 0) is 68.5 Å². The lowest BCUT2D eigenvalue weighted by Crippen LogP contribution is -2.53. The number of carbonyl (C=O) groups excluding carboxylic acids is 3. The molecule has 1 aromatic carbocycles. The van der Waals surface area contributed by atoms with Gasteiger partial charge in [-0.15, -0.1) is 0 Å². The summed E-state index contributed by atoms with van der Waals surface area (Å²) in [7, 11) is 0. The zero-order chi connectivity index (χ0) is 23.9. The molecule has 2 bridgehead atoms. The number of carbonyl (C=O) groups is 3. The number of benzene rings is 1. The minimum absolute atomic E-state index is 0.120.